The van der Waals surface area contributed by atoms with E-state index in [1.165, 1.54) is 6.42 Å². The lowest BCUT2D eigenvalue weighted by Crippen LogP contribution is -2.25. The number of rotatable bonds is 4. The number of hydrogen-bond donors (Lipinski definition) is 2. The van der Waals surface area contributed by atoms with Crippen LogP contribution in [0.4, 0.5) is 0 Å². The smallest absolute Gasteiger partial charge is 0.0600 e. The molecule has 1 aliphatic carbocycles. The summed E-state index contributed by atoms with van der Waals surface area (Å²) in [5, 5.41) is 22.7. The summed E-state index contributed by atoms with van der Waals surface area (Å²) in [4.78, 5) is 2.61. The Kier molecular flexibility index (Phi) is 9.92. The van der Waals surface area contributed by atoms with Crippen molar-refractivity contribution < 1.29 is 10.2 Å². The molecule has 0 aromatic heterocycles. The van der Waals surface area contributed by atoms with Crippen molar-refractivity contribution in [3.63, 3.8) is 0 Å². The average molecular weight is 243 g/mol. The first kappa shape index (κ1) is 16.2. The second-order valence-corrected chi connectivity index (χ2v) is 4.27. The third kappa shape index (κ3) is 7.21. The van der Waals surface area contributed by atoms with Crippen molar-refractivity contribution in [2.24, 2.45) is 11.0 Å². The lowest BCUT2D eigenvalue weighted by Gasteiger charge is -2.22. The van der Waals surface area contributed by atoms with E-state index in [1.54, 1.807) is 0 Å². The Bertz CT molecular complexity index is 230. The molecule has 0 bridgehead atoms. The lowest BCUT2D eigenvalue weighted by molar-refractivity contribution is 0.0596. The molecule has 100 valence electrons. The molecular weight excluding hydrogens is 218 g/mol. The average Bonchev–Trinajstić information content (AvgIpc) is 2.55. The fourth-order valence-electron chi connectivity index (χ4n) is 2.19. The zero-order chi connectivity index (χ0) is 13.1. The van der Waals surface area contributed by atoms with E-state index in [4.69, 9.17) is 5.53 Å². The van der Waals surface area contributed by atoms with Gasteiger partial charge in [-0.1, -0.05) is 38.2 Å². The minimum absolute atomic E-state index is 0.111. The molecule has 0 radical (unpaired) electrons. The number of azide groups is 1. The Hall–Kier alpha value is -0.770. The zero-order valence-electron chi connectivity index (χ0n) is 10.9. The van der Waals surface area contributed by atoms with Crippen LogP contribution in [-0.4, -0.2) is 29.0 Å². The van der Waals surface area contributed by atoms with E-state index < -0.39 is 6.10 Å². The fraction of sp³-hybridized carbons (Fsp3) is 1.00. The van der Waals surface area contributed by atoms with Crippen molar-refractivity contribution in [1.82, 2.24) is 0 Å². The predicted molar refractivity (Wildman–Crippen MR) is 68.6 cm³/mol. The molecule has 0 aromatic rings. The topological polar surface area (TPSA) is 89.2 Å². The quantitative estimate of drug-likeness (QED) is 0.344. The van der Waals surface area contributed by atoms with Crippen molar-refractivity contribution in [2.45, 2.75) is 64.6 Å². The van der Waals surface area contributed by atoms with Crippen molar-refractivity contribution in [2.75, 3.05) is 6.54 Å². The maximum absolute atomic E-state index is 9.81. The molecule has 5 nitrogen and oxygen atoms in total. The van der Waals surface area contributed by atoms with Crippen LogP contribution in [-0.2, 0) is 0 Å². The van der Waals surface area contributed by atoms with Gasteiger partial charge in [0.1, 0.15) is 0 Å². The van der Waals surface area contributed by atoms with Crippen LogP contribution in [0.25, 0.3) is 10.4 Å². The van der Waals surface area contributed by atoms with Gasteiger partial charge in [-0.05, 0) is 30.7 Å². The van der Waals surface area contributed by atoms with Crippen LogP contribution in [0.15, 0.2) is 5.11 Å². The molecule has 0 heterocycles. The Labute approximate surface area is 103 Å². The van der Waals surface area contributed by atoms with Crippen LogP contribution in [0.3, 0.4) is 0 Å². The van der Waals surface area contributed by atoms with Gasteiger partial charge in [-0.3, -0.25) is 0 Å². The third-order valence-corrected chi connectivity index (χ3v) is 3.05. The van der Waals surface area contributed by atoms with Gasteiger partial charge in [-0.15, -0.1) is 0 Å². The van der Waals surface area contributed by atoms with Gasteiger partial charge in [0.15, 0.2) is 0 Å². The normalized spacial score (nSPS) is 25.9. The third-order valence-electron chi connectivity index (χ3n) is 3.05. The highest BCUT2D eigenvalue weighted by Gasteiger charge is 2.23. The summed E-state index contributed by atoms with van der Waals surface area (Å²) in [5.41, 5.74) is 8.12. The molecule has 3 atom stereocenters. The molecule has 2 N–H and O–H groups in total. The highest BCUT2D eigenvalue weighted by molar-refractivity contribution is 4.76. The second kappa shape index (κ2) is 10.4. The van der Waals surface area contributed by atoms with E-state index in [1.807, 2.05) is 13.8 Å². The van der Waals surface area contributed by atoms with E-state index in [0.717, 1.165) is 25.7 Å². The maximum Gasteiger partial charge on any atom is 0.0600 e. The predicted octanol–water partition coefficient (Wildman–Crippen LogP) is 3.02. The van der Waals surface area contributed by atoms with Crippen LogP contribution in [0.5, 0.6) is 0 Å². The van der Waals surface area contributed by atoms with Crippen molar-refractivity contribution in [1.29, 1.82) is 0 Å². The number of nitrogens with zero attached hydrogens (tertiary/aromatic N) is 3. The summed E-state index contributed by atoms with van der Waals surface area (Å²) in [6, 6.07) is 0. The van der Waals surface area contributed by atoms with Crippen molar-refractivity contribution in [3.8, 4) is 0 Å². The molecule has 1 rings (SSSR count). The maximum atomic E-state index is 9.81. The van der Waals surface area contributed by atoms with Crippen molar-refractivity contribution in [3.05, 3.63) is 10.4 Å². The SMILES string of the molecule is CC.[N-]=[N+]=NC[C@@H](O)C[C@@H]1CCCCC[C@@H]1O. The molecule has 0 spiro atoms. The molecule has 5 heteroatoms. The number of aliphatic hydroxyl groups excluding tert-OH is 2. The van der Waals surface area contributed by atoms with E-state index in [0.29, 0.717) is 6.42 Å². The molecule has 0 saturated heterocycles. The summed E-state index contributed by atoms with van der Waals surface area (Å²) in [7, 11) is 0. The van der Waals surface area contributed by atoms with Crippen LogP contribution < -0.4 is 0 Å². The first-order valence-electron chi connectivity index (χ1n) is 6.61. The van der Waals surface area contributed by atoms with E-state index >= 15 is 0 Å². The highest BCUT2D eigenvalue weighted by atomic mass is 16.3. The molecule has 1 fully saturated rings. The first-order chi connectivity index (χ1) is 8.24. The second-order valence-electron chi connectivity index (χ2n) is 4.27. The van der Waals surface area contributed by atoms with E-state index in [2.05, 4.69) is 10.0 Å². The molecule has 1 aliphatic rings. The van der Waals surface area contributed by atoms with Crippen LogP contribution in [0, 0.1) is 5.92 Å². The highest BCUT2D eigenvalue weighted by Crippen LogP contribution is 2.27. The Morgan fingerprint density at radius 3 is 2.59 bits per heavy atom. The summed E-state index contributed by atoms with van der Waals surface area (Å²) >= 11 is 0. The molecular formula is C12H25N3O2. The van der Waals surface area contributed by atoms with Gasteiger partial charge in [0.2, 0.25) is 0 Å². The molecule has 0 unspecified atom stereocenters. The minimum atomic E-state index is -0.612. The van der Waals surface area contributed by atoms with Gasteiger partial charge in [0.05, 0.1) is 18.8 Å². The lowest BCUT2D eigenvalue weighted by atomic mass is 9.91. The van der Waals surface area contributed by atoms with Gasteiger partial charge in [-0.25, -0.2) is 0 Å². The largest absolute Gasteiger partial charge is 0.393 e. The van der Waals surface area contributed by atoms with Crippen molar-refractivity contribution >= 4 is 0 Å². The van der Waals surface area contributed by atoms with Crippen LogP contribution in [0.1, 0.15) is 52.4 Å². The molecule has 0 aliphatic heterocycles. The van der Waals surface area contributed by atoms with Gasteiger partial charge < -0.3 is 10.2 Å². The summed E-state index contributed by atoms with van der Waals surface area (Å²) < 4.78 is 0. The van der Waals surface area contributed by atoms with Gasteiger partial charge in [0.25, 0.3) is 0 Å². The summed E-state index contributed by atoms with van der Waals surface area (Å²) in [6.07, 6.45) is 4.79. The standard InChI is InChI=1S/C10H19N3O2.C2H6/c11-13-12-7-9(14)6-8-4-2-1-3-5-10(8)15;1-2/h8-10,14-15H,1-7H2;1-2H3/t8-,9-,10-;/m0./s1. The first-order valence-corrected chi connectivity index (χ1v) is 6.61. The van der Waals surface area contributed by atoms with E-state index in [9.17, 15) is 10.2 Å². The molecule has 1 saturated carbocycles. The summed E-state index contributed by atoms with van der Waals surface area (Å²) in [5.74, 6) is 0.163. The van der Waals surface area contributed by atoms with E-state index in [-0.39, 0.29) is 18.6 Å². The van der Waals surface area contributed by atoms with Gasteiger partial charge >= 0.3 is 0 Å². The number of hydrogen-bond acceptors (Lipinski definition) is 3. The fourth-order valence-corrected chi connectivity index (χ4v) is 2.19. The molecule has 0 amide bonds. The van der Waals surface area contributed by atoms with Crippen LogP contribution >= 0.6 is 0 Å². The van der Waals surface area contributed by atoms with Gasteiger partial charge in [-0.2, -0.15) is 0 Å². The molecule has 17 heavy (non-hydrogen) atoms. The Morgan fingerprint density at radius 2 is 1.94 bits per heavy atom. The summed E-state index contributed by atoms with van der Waals surface area (Å²) in [6.45, 7) is 4.11. The zero-order valence-corrected chi connectivity index (χ0v) is 10.9. The number of aliphatic hydroxyl groups is 2. The molecule has 0 aromatic carbocycles. The Balaban J connectivity index is 0.00000121. The van der Waals surface area contributed by atoms with Gasteiger partial charge in [0, 0.05) is 4.91 Å². The van der Waals surface area contributed by atoms with Crippen LogP contribution in [0.2, 0.25) is 0 Å². The monoisotopic (exact) mass is 243 g/mol. The minimum Gasteiger partial charge on any atom is -0.393 e. The Morgan fingerprint density at radius 1 is 1.29 bits per heavy atom.